The van der Waals surface area contributed by atoms with Crippen molar-refractivity contribution in [3.63, 3.8) is 0 Å². The van der Waals surface area contributed by atoms with Crippen LogP contribution in [0.1, 0.15) is 38.5 Å². The van der Waals surface area contributed by atoms with Gasteiger partial charge in [0.15, 0.2) is 23.3 Å². The van der Waals surface area contributed by atoms with Gasteiger partial charge in [0.25, 0.3) is 0 Å². The minimum Gasteiger partial charge on any atom is -0.388 e. The normalized spacial score (nSPS) is 18.4. The van der Waals surface area contributed by atoms with Crippen LogP contribution < -0.4 is 5.32 Å². The van der Waals surface area contributed by atoms with Crippen LogP contribution >= 0.6 is 0 Å². The summed E-state index contributed by atoms with van der Waals surface area (Å²) in [6.45, 7) is -0.259. The highest BCUT2D eigenvalue weighted by Crippen LogP contribution is 2.30. The van der Waals surface area contributed by atoms with E-state index in [9.17, 15) is 27.1 Å². The molecule has 0 bridgehead atoms. The van der Waals surface area contributed by atoms with Crippen molar-refractivity contribution >= 4 is 5.69 Å². The summed E-state index contributed by atoms with van der Waals surface area (Å²) in [6, 6.07) is 0. The quantitative estimate of drug-likeness (QED) is 0.384. The number of aliphatic hydroxyl groups is 1. The molecule has 0 heterocycles. The number of nitrogens with one attached hydrogen (secondary N) is 1. The molecule has 1 fully saturated rings. The first kappa shape index (κ1) is 16.0. The van der Waals surface area contributed by atoms with Gasteiger partial charge in [-0.2, -0.15) is 0 Å². The summed E-state index contributed by atoms with van der Waals surface area (Å²) in [5.41, 5.74) is -2.29. The van der Waals surface area contributed by atoms with Crippen molar-refractivity contribution < 1.29 is 27.1 Å². The third-order valence-corrected chi connectivity index (χ3v) is 3.84. The van der Waals surface area contributed by atoms with E-state index in [0.29, 0.717) is 12.8 Å². The van der Waals surface area contributed by atoms with Crippen molar-refractivity contribution in [2.45, 2.75) is 44.1 Å². The van der Waals surface area contributed by atoms with E-state index in [4.69, 9.17) is 0 Å². The number of hydrogen-bond acceptors (Lipinski definition) is 2. The van der Waals surface area contributed by atoms with E-state index < -0.39 is 40.4 Å². The summed E-state index contributed by atoms with van der Waals surface area (Å²) >= 11 is 0. The van der Waals surface area contributed by atoms with Crippen LogP contribution in [0.15, 0.2) is 0 Å². The second kappa shape index (κ2) is 6.17. The van der Waals surface area contributed by atoms with Crippen LogP contribution in [0.2, 0.25) is 0 Å². The standard InChI is InChI=1S/C14H16F5NO/c15-8-9(16)11(18)13(12(19)10(8)17)20-7-14(21)5-3-1-2-4-6-14/h20-21H,1-7H2. The molecule has 7 heteroatoms. The highest BCUT2D eigenvalue weighted by Gasteiger charge is 2.31. The second-order valence-corrected chi connectivity index (χ2v) is 5.44. The lowest BCUT2D eigenvalue weighted by Gasteiger charge is -2.27. The Morgan fingerprint density at radius 3 is 1.67 bits per heavy atom. The smallest absolute Gasteiger partial charge is 0.200 e. The van der Waals surface area contributed by atoms with Crippen LogP contribution in [0.25, 0.3) is 0 Å². The number of rotatable bonds is 3. The Kier molecular flexibility index (Phi) is 4.70. The first-order chi connectivity index (χ1) is 9.86. The number of anilines is 1. The van der Waals surface area contributed by atoms with Crippen LogP contribution in [0.5, 0.6) is 0 Å². The highest BCUT2D eigenvalue weighted by molar-refractivity contribution is 5.48. The minimum absolute atomic E-state index is 0.259. The molecule has 0 saturated heterocycles. The van der Waals surface area contributed by atoms with E-state index >= 15 is 0 Å². The van der Waals surface area contributed by atoms with Crippen molar-refractivity contribution in [1.82, 2.24) is 0 Å². The molecule has 0 aromatic heterocycles. The van der Waals surface area contributed by atoms with Gasteiger partial charge < -0.3 is 10.4 Å². The van der Waals surface area contributed by atoms with Crippen LogP contribution in [-0.2, 0) is 0 Å². The zero-order chi connectivity index (χ0) is 15.6. The number of hydrogen-bond donors (Lipinski definition) is 2. The molecule has 0 radical (unpaired) electrons. The average Bonchev–Trinajstić information content (AvgIpc) is 2.68. The number of halogens is 5. The second-order valence-electron chi connectivity index (χ2n) is 5.44. The summed E-state index contributed by atoms with van der Waals surface area (Å²) in [5, 5.41) is 12.5. The monoisotopic (exact) mass is 309 g/mol. The maximum Gasteiger partial charge on any atom is 0.200 e. The van der Waals surface area contributed by atoms with Crippen molar-refractivity contribution in [1.29, 1.82) is 0 Å². The lowest BCUT2D eigenvalue weighted by molar-refractivity contribution is 0.0380. The molecule has 0 spiro atoms. The van der Waals surface area contributed by atoms with Gasteiger partial charge in [0.2, 0.25) is 5.82 Å². The molecule has 2 nitrogen and oxygen atoms in total. The topological polar surface area (TPSA) is 32.3 Å². The summed E-state index contributed by atoms with van der Waals surface area (Å²) in [7, 11) is 0. The summed E-state index contributed by atoms with van der Waals surface area (Å²) in [5.74, 6) is -10.0. The minimum atomic E-state index is -2.19. The molecule has 1 aliphatic rings. The molecule has 0 amide bonds. The van der Waals surface area contributed by atoms with E-state index in [-0.39, 0.29) is 6.54 Å². The molecular weight excluding hydrogens is 293 g/mol. The van der Waals surface area contributed by atoms with Gasteiger partial charge in [0, 0.05) is 6.54 Å². The first-order valence-electron chi connectivity index (χ1n) is 6.83. The zero-order valence-corrected chi connectivity index (χ0v) is 11.3. The fourth-order valence-corrected chi connectivity index (χ4v) is 2.58. The van der Waals surface area contributed by atoms with Gasteiger partial charge in [-0.25, -0.2) is 22.0 Å². The van der Waals surface area contributed by atoms with Crippen LogP contribution in [0.3, 0.4) is 0 Å². The van der Waals surface area contributed by atoms with E-state index in [1.54, 1.807) is 0 Å². The molecule has 1 aliphatic carbocycles. The Morgan fingerprint density at radius 2 is 1.19 bits per heavy atom. The lowest BCUT2D eigenvalue weighted by Crippen LogP contribution is -2.36. The molecule has 2 rings (SSSR count). The Hall–Kier alpha value is -1.37. The Labute approximate surface area is 119 Å². The van der Waals surface area contributed by atoms with Crippen LogP contribution in [0, 0.1) is 29.1 Å². The van der Waals surface area contributed by atoms with Gasteiger partial charge in [0.1, 0.15) is 5.69 Å². The molecule has 2 N–H and O–H groups in total. The molecule has 0 atom stereocenters. The van der Waals surface area contributed by atoms with Crippen molar-refractivity contribution in [2.24, 2.45) is 0 Å². The first-order valence-corrected chi connectivity index (χ1v) is 6.83. The summed E-state index contributed by atoms with van der Waals surface area (Å²) < 4.78 is 66.0. The van der Waals surface area contributed by atoms with Gasteiger partial charge in [-0.1, -0.05) is 25.7 Å². The number of benzene rings is 1. The van der Waals surface area contributed by atoms with Gasteiger partial charge in [-0.3, -0.25) is 0 Å². The van der Waals surface area contributed by atoms with Crippen LogP contribution in [-0.4, -0.2) is 17.3 Å². The summed E-state index contributed by atoms with van der Waals surface area (Å²) in [6.07, 6.45) is 4.27. The van der Waals surface area contributed by atoms with Crippen molar-refractivity contribution in [2.75, 3.05) is 11.9 Å². The maximum absolute atomic E-state index is 13.5. The zero-order valence-electron chi connectivity index (χ0n) is 11.3. The molecule has 1 aromatic carbocycles. The van der Waals surface area contributed by atoms with Gasteiger partial charge >= 0.3 is 0 Å². The average molecular weight is 309 g/mol. The lowest BCUT2D eigenvalue weighted by atomic mass is 9.94. The van der Waals surface area contributed by atoms with E-state index in [1.165, 1.54) is 0 Å². The Morgan fingerprint density at radius 1 is 0.762 bits per heavy atom. The summed E-state index contributed by atoms with van der Waals surface area (Å²) in [4.78, 5) is 0. The largest absolute Gasteiger partial charge is 0.388 e. The van der Waals surface area contributed by atoms with E-state index in [0.717, 1.165) is 25.7 Å². The van der Waals surface area contributed by atoms with Gasteiger partial charge in [0.05, 0.1) is 5.60 Å². The molecule has 0 unspecified atom stereocenters. The molecule has 1 aromatic rings. The van der Waals surface area contributed by atoms with Gasteiger partial charge in [-0.05, 0) is 12.8 Å². The molecule has 0 aliphatic heterocycles. The molecular formula is C14H16F5NO. The third-order valence-electron chi connectivity index (χ3n) is 3.84. The SMILES string of the molecule is OC1(CNc2c(F)c(F)c(F)c(F)c2F)CCCCCC1. The fourth-order valence-electron chi connectivity index (χ4n) is 2.58. The predicted molar refractivity (Wildman–Crippen MR) is 67.4 cm³/mol. The Balaban J connectivity index is 2.20. The van der Waals surface area contributed by atoms with Crippen molar-refractivity contribution in [3.05, 3.63) is 29.1 Å². The van der Waals surface area contributed by atoms with E-state index in [1.807, 2.05) is 0 Å². The molecule has 1 saturated carbocycles. The van der Waals surface area contributed by atoms with E-state index in [2.05, 4.69) is 5.32 Å². The molecule has 118 valence electrons. The fraction of sp³-hybridized carbons (Fsp3) is 0.571. The Bertz CT molecular complexity index is 498. The molecule has 21 heavy (non-hydrogen) atoms. The highest BCUT2D eigenvalue weighted by atomic mass is 19.2. The van der Waals surface area contributed by atoms with Crippen LogP contribution in [0.4, 0.5) is 27.6 Å². The maximum atomic E-state index is 13.5. The third kappa shape index (κ3) is 3.28. The predicted octanol–water partition coefficient (Wildman–Crippen LogP) is 3.88. The van der Waals surface area contributed by atoms with Gasteiger partial charge in [-0.15, -0.1) is 0 Å². The van der Waals surface area contributed by atoms with Crippen molar-refractivity contribution in [3.8, 4) is 0 Å².